The SMILES string of the molecule is CC1CCc2c(sc(NC(=O)c3sc4nc5c(cc4c3N)CCCCC5)c2C(N)=O)C1. The van der Waals surface area contributed by atoms with Crippen LogP contribution in [0.2, 0.25) is 0 Å². The summed E-state index contributed by atoms with van der Waals surface area (Å²) in [5.41, 5.74) is 16.4. The quantitative estimate of drug-likeness (QED) is 0.499. The van der Waals surface area contributed by atoms with Gasteiger partial charge in [0.25, 0.3) is 11.8 Å². The molecule has 5 rings (SSSR count). The van der Waals surface area contributed by atoms with Gasteiger partial charge in [0.2, 0.25) is 0 Å². The first-order valence-corrected chi connectivity index (χ1v) is 12.5. The first-order chi connectivity index (χ1) is 14.9. The topological polar surface area (TPSA) is 111 Å². The van der Waals surface area contributed by atoms with Crippen LogP contribution in [0.25, 0.3) is 10.2 Å². The molecule has 0 saturated carbocycles. The summed E-state index contributed by atoms with van der Waals surface area (Å²) >= 11 is 2.79. The third-order valence-corrected chi connectivity index (χ3v) is 8.72. The molecule has 0 fully saturated rings. The largest absolute Gasteiger partial charge is 0.397 e. The summed E-state index contributed by atoms with van der Waals surface area (Å²) in [4.78, 5) is 32.6. The highest BCUT2D eigenvalue weighted by Gasteiger charge is 2.28. The Kier molecular flexibility index (Phi) is 5.22. The molecule has 0 spiro atoms. The van der Waals surface area contributed by atoms with E-state index in [1.54, 1.807) is 0 Å². The molecule has 31 heavy (non-hydrogen) atoms. The number of hydrogen-bond donors (Lipinski definition) is 3. The van der Waals surface area contributed by atoms with Crippen LogP contribution < -0.4 is 16.8 Å². The highest BCUT2D eigenvalue weighted by Crippen LogP contribution is 2.41. The van der Waals surface area contributed by atoms with Gasteiger partial charge < -0.3 is 16.8 Å². The number of nitrogens with two attached hydrogens (primary N) is 2. The lowest BCUT2D eigenvalue weighted by Crippen LogP contribution is -2.19. The van der Waals surface area contributed by atoms with Crippen molar-refractivity contribution in [2.45, 2.75) is 58.3 Å². The Hall–Kier alpha value is -2.45. The minimum absolute atomic E-state index is 0.301. The molecule has 3 heterocycles. The van der Waals surface area contributed by atoms with Gasteiger partial charge in [0.15, 0.2) is 0 Å². The van der Waals surface area contributed by atoms with Crippen LogP contribution in [-0.2, 0) is 25.7 Å². The average Bonchev–Trinajstić information content (AvgIpc) is 3.13. The van der Waals surface area contributed by atoms with E-state index in [9.17, 15) is 9.59 Å². The van der Waals surface area contributed by atoms with Crippen LogP contribution in [0.3, 0.4) is 0 Å². The molecule has 2 aliphatic rings. The number of primary amides is 1. The van der Waals surface area contributed by atoms with Gasteiger partial charge in [0.1, 0.15) is 14.7 Å². The van der Waals surface area contributed by atoms with Crippen LogP contribution in [0, 0.1) is 5.92 Å². The summed E-state index contributed by atoms with van der Waals surface area (Å²) in [5.74, 6) is -0.225. The number of pyridine rings is 1. The monoisotopic (exact) mass is 454 g/mol. The van der Waals surface area contributed by atoms with Crippen molar-refractivity contribution in [1.82, 2.24) is 4.98 Å². The molecule has 6 nitrogen and oxygen atoms in total. The number of thiophene rings is 2. The van der Waals surface area contributed by atoms with Crippen molar-refractivity contribution in [1.29, 1.82) is 0 Å². The number of carbonyl (C=O) groups excluding carboxylic acids is 2. The van der Waals surface area contributed by atoms with Crippen LogP contribution in [0.4, 0.5) is 10.7 Å². The van der Waals surface area contributed by atoms with E-state index in [1.165, 1.54) is 34.7 Å². The molecule has 0 radical (unpaired) electrons. The summed E-state index contributed by atoms with van der Waals surface area (Å²) < 4.78 is 0. The van der Waals surface area contributed by atoms with E-state index in [0.717, 1.165) is 71.3 Å². The van der Waals surface area contributed by atoms with Gasteiger partial charge in [-0.2, -0.15) is 0 Å². The van der Waals surface area contributed by atoms with Crippen molar-refractivity contribution in [3.63, 3.8) is 0 Å². The molecule has 1 unspecified atom stereocenters. The maximum Gasteiger partial charge on any atom is 0.268 e. The number of carbonyl (C=O) groups is 2. The molecule has 0 saturated heterocycles. The maximum atomic E-state index is 13.2. The van der Waals surface area contributed by atoms with Crippen molar-refractivity contribution in [3.8, 4) is 0 Å². The van der Waals surface area contributed by atoms with E-state index in [2.05, 4.69) is 18.3 Å². The normalized spacial score (nSPS) is 18.3. The number of aromatic nitrogens is 1. The van der Waals surface area contributed by atoms with Gasteiger partial charge in [-0.3, -0.25) is 9.59 Å². The third kappa shape index (κ3) is 3.61. The second kappa shape index (κ2) is 7.91. The summed E-state index contributed by atoms with van der Waals surface area (Å²) in [6, 6.07) is 2.12. The van der Waals surface area contributed by atoms with E-state index in [0.29, 0.717) is 27.0 Å². The maximum absolute atomic E-state index is 13.2. The fraction of sp³-hybridized carbons (Fsp3) is 0.435. The molecular formula is C23H26N4O2S2. The van der Waals surface area contributed by atoms with Gasteiger partial charge in [-0.05, 0) is 68.1 Å². The number of fused-ring (bicyclic) bond motifs is 3. The van der Waals surface area contributed by atoms with Gasteiger partial charge >= 0.3 is 0 Å². The van der Waals surface area contributed by atoms with Crippen LogP contribution in [-0.4, -0.2) is 16.8 Å². The molecule has 0 bridgehead atoms. The van der Waals surface area contributed by atoms with E-state index in [-0.39, 0.29) is 5.91 Å². The first-order valence-electron chi connectivity index (χ1n) is 10.9. The molecule has 1 atom stereocenters. The Bertz CT molecular complexity index is 1210. The molecule has 162 valence electrons. The highest BCUT2D eigenvalue weighted by atomic mass is 32.1. The number of hydrogen-bond acceptors (Lipinski definition) is 6. The zero-order valence-corrected chi connectivity index (χ0v) is 19.2. The van der Waals surface area contributed by atoms with Crippen LogP contribution >= 0.6 is 22.7 Å². The number of nitrogens with one attached hydrogen (secondary N) is 1. The Morgan fingerprint density at radius 3 is 2.77 bits per heavy atom. The number of nitrogens with zero attached hydrogens (tertiary/aromatic N) is 1. The van der Waals surface area contributed by atoms with Crippen molar-refractivity contribution in [3.05, 3.63) is 38.2 Å². The Morgan fingerprint density at radius 1 is 1.16 bits per heavy atom. The minimum Gasteiger partial charge on any atom is -0.397 e. The minimum atomic E-state index is -0.489. The van der Waals surface area contributed by atoms with E-state index in [4.69, 9.17) is 16.5 Å². The summed E-state index contributed by atoms with van der Waals surface area (Å²) in [7, 11) is 0. The van der Waals surface area contributed by atoms with Crippen LogP contribution in [0.15, 0.2) is 6.07 Å². The van der Waals surface area contributed by atoms with Crippen LogP contribution in [0.5, 0.6) is 0 Å². The van der Waals surface area contributed by atoms with Gasteiger partial charge in [-0.1, -0.05) is 13.3 Å². The van der Waals surface area contributed by atoms with Crippen molar-refractivity contribution >= 4 is 55.4 Å². The molecular weight excluding hydrogens is 428 g/mol. The Labute approximate surface area is 189 Å². The zero-order valence-electron chi connectivity index (χ0n) is 17.5. The summed E-state index contributed by atoms with van der Waals surface area (Å²) in [5, 5.41) is 4.33. The fourth-order valence-electron chi connectivity index (χ4n) is 4.76. The number of anilines is 2. The molecule has 5 N–H and O–H groups in total. The molecule has 2 aliphatic carbocycles. The Morgan fingerprint density at radius 2 is 1.97 bits per heavy atom. The molecule has 0 aliphatic heterocycles. The second-order valence-corrected chi connectivity index (χ2v) is 10.8. The number of amides is 2. The standard InChI is InChI=1S/C23H26N4O2S2/c1-11-7-8-13-16(9-11)30-23(17(13)20(25)28)27-21(29)19-18(24)14-10-12-5-3-2-4-6-15(12)26-22(14)31-19/h10-11H,2-9,24H2,1H3,(H2,25,28)(H,27,29). The molecule has 8 heteroatoms. The zero-order chi connectivity index (χ0) is 21.7. The van der Waals surface area contributed by atoms with Crippen LogP contribution in [0.1, 0.15) is 74.3 Å². The summed E-state index contributed by atoms with van der Waals surface area (Å²) in [6.45, 7) is 2.21. The average molecular weight is 455 g/mol. The van der Waals surface area contributed by atoms with Gasteiger partial charge in [0.05, 0.1) is 11.3 Å². The smallest absolute Gasteiger partial charge is 0.268 e. The molecule has 3 aromatic heterocycles. The lowest BCUT2D eigenvalue weighted by molar-refractivity contribution is 0.1000. The highest BCUT2D eigenvalue weighted by molar-refractivity contribution is 7.21. The number of rotatable bonds is 3. The van der Waals surface area contributed by atoms with Gasteiger partial charge in [0, 0.05) is 16.0 Å². The van der Waals surface area contributed by atoms with E-state index < -0.39 is 5.91 Å². The molecule has 0 aromatic carbocycles. The second-order valence-electron chi connectivity index (χ2n) is 8.73. The van der Waals surface area contributed by atoms with Gasteiger partial charge in [-0.15, -0.1) is 22.7 Å². The number of aryl methyl sites for hydroxylation is 2. The van der Waals surface area contributed by atoms with Crippen molar-refractivity contribution in [2.75, 3.05) is 11.1 Å². The van der Waals surface area contributed by atoms with Crippen molar-refractivity contribution < 1.29 is 9.59 Å². The molecule has 2 amide bonds. The predicted octanol–water partition coefficient (Wildman–Crippen LogP) is 4.68. The van der Waals surface area contributed by atoms with Gasteiger partial charge in [-0.25, -0.2) is 4.98 Å². The lowest BCUT2D eigenvalue weighted by atomic mass is 9.88. The third-order valence-electron chi connectivity index (χ3n) is 6.44. The van der Waals surface area contributed by atoms with E-state index >= 15 is 0 Å². The van der Waals surface area contributed by atoms with E-state index in [1.807, 2.05) is 0 Å². The van der Waals surface area contributed by atoms with Crippen molar-refractivity contribution in [2.24, 2.45) is 11.7 Å². The predicted molar refractivity (Wildman–Crippen MR) is 127 cm³/mol. The lowest BCUT2D eigenvalue weighted by Gasteiger charge is -2.18. The number of nitrogen functional groups attached to an aromatic ring is 1. The first kappa shape index (κ1) is 20.5. The fourth-order valence-corrected chi connectivity index (χ4v) is 7.17. The summed E-state index contributed by atoms with van der Waals surface area (Å²) in [6.07, 6.45) is 8.28. The molecule has 3 aromatic rings. The Balaban J connectivity index is 1.50.